The third kappa shape index (κ3) is 4.08. The fourth-order valence-corrected chi connectivity index (χ4v) is 2.43. The van der Waals surface area contributed by atoms with Crippen LogP contribution in [0.5, 0.6) is 0 Å². The number of hydrogen-bond acceptors (Lipinski definition) is 4. The van der Waals surface area contributed by atoms with Crippen LogP contribution in [0.3, 0.4) is 0 Å². The number of carbonyl (C=O) groups is 1. The van der Waals surface area contributed by atoms with Crippen LogP contribution in [0.4, 0.5) is 17.2 Å². The van der Waals surface area contributed by atoms with Crippen molar-refractivity contribution in [3.05, 3.63) is 65.9 Å². The molecule has 0 radical (unpaired) electrons. The number of rotatable bonds is 4. The predicted octanol–water partition coefficient (Wildman–Crippen LogP) is 4.50. The van der Waals surface area contributed by atoms with E-state index in [1.165, 1.54) is 6.92 Å². The summed E-state index contributed by atoms with van der Waals surface area (Å²) >= 11 is 5.99. The maximum atomic E-state index is 11.2. The SMILES string of the molecule is CC(=O)Nc1cccc(-c2cncc(Nc3cccc(Cl)c3)n2)c1. The van der Waals surface area contributed by atoms with Crippen molar-refractivity contribution in [2.75, 3.05) is 10.6 Å². The van der Waals surface area contributed by atoms with Crippen LogP contribution in [0, 0.1) is 0 Å². The van der Waals surface area contributed by atoms with Gasteiger partial charge in [0.15, 0.2) is 0 Å². The van der Waals surface area contributed by atoms with E-state index in [-0.39, 0.29) is 5.91 Å². The Kier molecular flexibility index (Phi) is 4.72. The average molecular weight is 339 g/mol. The molecule has 120 valence electrons. The van der Waals surface area contributed by atoms with Crippen LogP contribution < -0.4 is 10.6 Å². The monoisotopic (exact) mass is 338 g/mol. The summed E-state index contributed by atoms with van der Waals surface area (Å²) in [7, 11) is 0. The Bertz CT molecular complexity index is 882. The summed E-state index contributed by atoms with van der Waals surface area (Å²) in [5, 5.41) is 6.58. The molecule has 1 aromatic heterocycles. The standard InChI is InChI=1S/C18H15ClN4O/c1-12(24)21-15-6-2-4-13(8-15)17-10-20-11-18(23-17)22-16-7-3-5-14(19)9-16/h2-11H,1H3,(H,21,24)(H,22,23). The largest absolute Gasteiger partial charge is 0.339 e. The van der Waals surface area contributed by atoms with E-state index in [1.807, 2.05) is 48.5 Å². The molecule has 6 heteroatoms. The van der Waals surface area contributed by atoms with Crippen molar-refractivity contribution in [3.8, 4) is 11.3 Å². The molecule has 2 aromatic carbocycles. The maximum Gasteiger partial charge on any atom is 0.221 e. The molecule has 0 saturated carbocycles. The highest BCUT2D eigenvalue weighted by molar-refractivity contribution is 6.30. The summed E-state index contributed by atoms with van der Waals surface area (Å²) < 4.78 is 0. The zero-order valence-corrected chi connectivity index (χ0v) is 13.7. The van der Waals surface area contributed by atoms with Crippen LogP contribution >= 0.6 is 11.6 Å². The van der Waals surface area contributed by atoms with Crippen LogP contribution in [-0.2, 0) is 4.79 Å². The first-order valence-corrected chi connectivity index (χ1v) is 7.70. The van der Waals surface area contributed by atoms with E-state index in [9.17, 15) is 4.79 Å². The fraction of sp³-hybridized carbons (Fsp3) is 0.0556. The molecule has 0 aliphatic rings. The first kappa shape index (κ1) is 16.0. The first-order valence-electron chi connectivity index (χ1n) is 7.33. The number of carbonyl (C=O) groups excluding carboxylic acids is 1. The third-order valence-electron chi connectivity index (χ3n) is 3.21. The van der Waals surface area contributed by atoms with Gasteiger partial charge in [-0.1, -0.05) is 29.8 Å². The Morgan fingerprint density at radius 1 is 1.04 bits per heavy atom. The molecular weight excluding hydrogens is 324 g/mol. The Labute approximate surface area is 144 Å². The second-order valence-corrected chi connectivity index (χ2v) is 5.62. The van der Waals surface area contributed by atoms with Crippen molar-refractivity contribution in [1.82, 2.24) is 9.97 Å². The number of anilines is 3. The summed E-state index contributed by atoms with van der Waals surface area (Å²) in [5.74, 6) is 0.495. The second-order valence-electron chi connectivity index (χ2n) is 5.19. The van der Waals surface area contributed by atoms with Gasteiger partial charge in [0.25, 0.3) is 0 Å². The summed E-state index contributed by atoms with van der Waals surface area (Å²) in [4.78, 5) is 20.0. The highest BCUT2D eigenvalue weighted by atomic mass is 35.5. The minimum Gasteiger partial charge on any atom is -0.339 e. The van der Waals surface area contributed by atoms with Crippen molar-refractivity contribution in [2.24, 2.45) is 0 Å². The number of nitrogens with zero attached hydrogens (tertiary/aromatic N) is 2. The molecule has 0 atom stereocenters. The summed E-state index contributed by atoms with van der Waals surface area (Å²) in [6, 6.07) is 14.8. The first-order chi connectivity index (χ1) is 11.6. The second kappa shape index (κ2) is 7.10. The summed E-state index contributed by atoms with van der Waals surface area (Å²) in [5.41, 5.74) is 3.12. The van der Waals surface area contributed by atoms with E-state index in [1.54, 1.807) is 12.4 Å². The van der Waals surface area contributed by atoms with E-state index in [0.717, 1.165) is 16.9 Å². The van der Waals surface area contributed by atoms with Gasteiger partial charge < -0.3 is 10.6 Å². The van der Waals surface area contributed by atoms with Crippen molar-refractivity contribution < 1.29 is 4.79 Å². The van der Waals surface area contributed by atoms with Crippen LogP contribution in [0.2, 0.25) is 5.02 Å². The van der Waals surface area contributed by atoms with Crippen molar-refractivity contribution in [3.63, 3.8) is 0 Å². The number of aromatic nitrogens is 2. The number of nitrogens with one attached hydrogen (secondary N) is 2. The van der Waals surface area contributed by atoms with E-state index in [4.69, 9.17) is 11.6 Å². The van der Waals surface area contributed by atoms with Gasteiger partial charge in [0.05, 0.1) is 18.1 Å². The maximum absolute atomic E-state index is 11.2. The lowest BCUT2D eigenvalue weighted by Crippen LogP contribution is -2.05. The van der Waals surface area contributed by atoms with Gasteiger partial charge in [0.1, 0.15) is 5.82 Å². The average Bonchev–Trinajstić information content (AvgIpc) is 2.55. The van der Waals surface area contributed by atoms with E-state index in [2.05, 4.69) is 20.6 Å². The van der Waals surface area contributed by atoms with Gasteiger partial charge in [-0.15, -0.1) is 0 Å². The molecule has 0 fully saturated rings. The van der Waals surface area contributed by atoms with Crippen LogP contribution in [0.25, 0.3) is 11.3 Å². The highest BCUT2D eigenvalue weighted by Gasteiger charge is 2.05. The van der Waals surface area contributed by atoms with Crippen LogP contribution in [0.15, 0.2) is 60.9 Å². The van der Waals surface area contributed by atoms with Crippen molar-refractivity contribution in [2.45, 2.75) is 6.92 Å². The zero-order chi connectivity index (χ0) is 16.9. The van der Waals surface area contributed by atoms with Crippen LogP contribution in [0.1, 0.15) is 6.92 Å². The molecule has 1 amide bonds. The molecule has 0 bridgehead atoms. The fourth-order valence-electron chi connectivity index (χ4n) is 2.24. The molecule has 0 aliphatic heterocycles. The van der Waals surface area contributed by atoms with Crippen LogP contribution in [-0.4, -0.2) is 15.9 Å². The Morgan fingerprint density at radius 3 is 2.62 bits per heavy atom. The molecule has 5 nitrogen and oxygen atoms in total. The molecule has 0 unspecified atom stereocenters. The lowest BCUT2D eigenvalue weighted by Gasteiger charge is -2.08. The van der Waals surface area contributed by atoms with Crippen molar-refractivity contribution >= 4 is 34.7 Å². The summed E-state index contributed by atoms with van der Waals surface area (Å²) in [6.45, 7) is 1.47. The van der Waals surface area contributed by atoms with Gasteiger partial charge in [0, 0.05) is 28.9 Å². The Morgan fingerprint density at radius 2 is 1.83 bits per heavy atom. The van der Waals surface area contributed by atoms with Gasteiger partial charge in [-0.2, -0.15) is 0 Å². The normalized spacial score (nSPS) is 10.2. The van der Waals surface area contributed by atoms with E-state index in [0.29, 0.717) is 16.5 Å². The lowest BCUT2D eigenvalue weighted by atomic mass is 10.1. The Hall–Kier alpha value is -2.92. The van der Waals surface area contributed by atoms with E-state index < -0.39 is 0 Å². The summed E-state index contributed by atoms with van der Waals surface area (Å²) in [6.07, 6.45) is 3.32. The quantitative estimate of drug-likeness (QED) is 0.735. The zero-order valence-electron chi connectivity index (χ0n) is 13.0. The third-order valence-corrected chi connectivity index (χ3v) is 3.45. The number of halogens is 1. The lowest BCUT2D eigenvalue weighted by molar-refractivity contribution is -0.114. The van der Waals surface area contributed by atoms with Gasteiger partial charge in [-0.05, 0) is 30.3 Å². The van der Waals surface area contributed by atoms with Gasteiger partial charge in [-0.3, -0.25) is 9.78 Å². The predicted molar refractivity (Wildman–Crippen MR) is 96.5 cm³/mol. The van der Waals surface area contributed by atoms with E-state index >= 15 is 0 Å². The molecule has 3 rings (SSSR count). The topological polar surface area (TPSA) is 66.9 Å². The molecule has 24 heavy (non-hydrogen) atoms. The molecular formula is C18H15ClN4O. The molecule has 0 aliphatic carbocycles. The number of hydrogen-bond donors (Lipinski definition) is 2. The Balaban J connectivity index is 1.86. The highest BCUT2D eigenvalue weighted by Crippen LogP contribution is 2.23. The molecule has 1 heterocycles. The molecule has 2 N–H and O–H groups in total. The number of amides is 1. The minimum atomic E-state index is -0.116. The van der Waals surface area contributed by atoms with Gasteiger partial charge >= 0.3 is 0 Å². The molecule has 0 spiro atoms. The van der Waals surface area contributed by atoms with Gasteiger partial charge in [0.2, 0.25) is 5.91 Å². The van der Waals surface area contributed by atoms with Gasteiger partial charge in [-0.25, -0.2) is 4.98 Å². The molecule has 3 aromatic rings. The van der Waals surface area contributed by atoms with Crippen molar-refractivity contribution in [1.29, 1.82) is 0 Å². The minimum absolute atomic E-state index is 0.116. The molecule has 0 saturated heterocycles. The number of benzene rings is 2. The smallest absolute Gasteiger partial charge is 0.221 e.